The number of amides is 4. The molecule has 0 unspecified atom stereocenters. The van der Waals surface area contributed by atoms with E-state index in [1.807, 2.05) is 31.4 Å². The van der Waals surface area contributed by atoms with Crippen molar-refractivity contribution in [2.24, 2.45) is 5.41 Å². The van der Waals surface area contributed by atoms with Gasteiger partial charge in [0.05, 0.1) is 4.88 Å². The molecule has 136 valence electrons. The van der Waals surface area contributed by atoms with Gasteiger partial charge in [-0.25, -0.2) is 4.79 Å². The van der Waals surface area contributed by atoms with E-state index in [1.54, 1.807) is 9.80 Å². The SMILES string of the molecule is CC(C)NC(=O)N1CCN(C(=O)c2cccs2)C[C@@]2(CNC(=O)C2)C1. The fraction of sp³-hybridized carbons (Fsp3) is 0.588. The van der Waals surface area contributed by atoms with Crippen LogP contribution >= 0.6 is 11.3 Å². The van der Waals surface area contributed by atoms with Crippen molar-refractivity contribution >= 4 is 29.2 Å². The minimum Gasteiger partial charge on any atom is -0.355 e. The van der Waals surface area contributed by atoms with Crippen LogP contribution in [0.25, 0.3) is 0 Å². The first kappa shape index (κ1) is 17.7. The summed E-state index contributed by atoms with van der Waals surface area (Å²) in [6.07, 6.45) is 0.340. The average Bonchev–Trinajstić information content (AvgIpc) is 3.14. The molecule has 2 aliphatic heterocycles. The van der Waals surface area contributed by atoms with E-state index in [0.29, 0.717) is 44.0 Å². The van der Waals surface area contributed by atoms with E-state index in [1.165, 1.54) is 11.3 Å². The molecule has 8 heteroatoms. The van der Waals surface area contributed by atoms with Crippen LogP contribution in [-0.4, -0.2) is 66.4 Å². The quantitative estimate of drug-likeness (QED) is 0.825. The maximum Gasteiger partial charge on any atom is 0.317 e. The van der Waals surface area contributed by atoms with Gasteiger partial charge in [-0.05, 0) is 25.3 Å². The second-order valence-electron chi connectivity index (χ2n) is 7.18. The van der Waals surface area contributed by atoms with E-state index in [-0.39, 0.29) is 23.9 Å². The zero-order valence-corrected chi connectivity index (χ0v) is 15.4. The Bertz CT molecular complexity index is 661. The first-order valence-corrected chi connectivity index (χ1v) is 9.41. The second kappa shape index (κ2) is 7.03. The van der Waals surface area contributed by atoms with Crippen molar-refractivity contribution in [3.63, 3.8) is 0 Å². The Kier molecular flexibility index (Phi) is 4.99. The third-order valence-electron chi connectivity index (χ3n) is 4.61. The molecule has 0 saturated carbocycles. The summed E-state index contributed by atoms with van der Waals surface area (Å²) in [4.78, 5) is 41.4. The van der Waals surface area contributed by atoms with Gasteiger partial charge in [0.1, 0.15) is 0 Å². The van der Waals surface area contributed by atoms with Crippen LogP contribution in [0.2, 0.25) is 0 Å². The number of thiophene rings is 1. The van der Waals surface area contributed by atoms with Crippen molar-refractivity contribution in [2.45, 2.75) is 26.3 Å². The van der Waals surface area contributed by atoms with E-state index in [4.69, 9.17) is 0 Å². The maximum absolute atomic E-state index is 12.8. The number of urea groups is 1. The van der Waals surface area contributed by atoms with Gasteiger partial charge in [-0.1, -0.05) is 6.07 Å². The number of carbonyl (C=O) groups is 3. The highest BCUT2D eigenvalue weighted by Gasteiger charge is 2.45. The molecule has 25 heavy (non-hydrogen) atoms. The molecule has 2 fully saturated rings. The molecule has 1 spiro atoms. The average molecular weight is 364 g/mol. The number of nitrogens with one attached hydrogen (secondary N) is 2. The summed E-state index contributed by atoms with van der Waals surface area (Å²) in [6, 6.07) is 3.57. The molecule has 2 aliphatic rings. The highest BCUT2D eigenvalue weighted by molar-refractivity contribution is 7.12. The van der Waals surface area contributed by atoms with Crippen LogP contribution in [0.5, 0.6) is 0 Å². The van der Waals surface area contributed by atoms with Crippen molar-refractivity contribution in [2.75, 3.05) is 32.7 Å². The Hall–Kier alpha value is -2.09. The first-order chi connectivity index (χ1) is 11.9. The van der Waals surface area contributed by atoms with Gasteiger partial charge in [0.15, 0.2) is 0 Å². The molecule has 2 saturated heterocycles. The van der Waals surface area contributed by atoms with Crippen molar-refractivity contribution in [1.82, 2.24) is 20.4 Å². The fourth-order valence-electron chi connectivity index (χ4n) is 3.48. The Labute approximate surface area is 151 Å². The molecule has 3 heterocycles. The van der Waals surface area contributed by atoms with Gasteiger partial charge in [0.2, 0.25) is 5.91 Å². The van der Waals surface area contributed by atoms with Gasteiger partial charge in [-0.2, -0.15) is 0 Å². The molecule has 0 bridgehead atoms. The topological polar surface area (TPSA) is 81.8 Å². The van der Waals surface area contributed by atoms with Crippen LogP contribution in [0.1, 0.15) is 29.9 Å². The van der Waals surface area contributed by atoms with Crippen molar-refractivity contribution in [1.29, 1.82) is 0 Å². The standard InChI is InChI=1S/C17H24N4O3S/c1-12(2)19-16(24)21-6-5-20(15(23)13-4-3-7-25-13)10-17(11-21)8-14(22)18-9-17/h3-4,7,12H,5-6,8-11H2,1-2H3,(H,18,22)(H,19,24)/t17-/m1/s1. The third-order valence-corrected chi connectivity index (χ3v) is 5.46. The third kappa shape index (κ3) is 3.95. The highest BCUT2D eigenvalue weighted by Crippen LogP contribution is 2.31. The number of nitrogens with zero attached hydrogens (tertiary/aromatic N) is 2. The van der Waals surface area contributed by atoms with E-state index in [2.05, 4.69) is 10.6 Å². The minimum atomic E-state index is -0.422. The minimum absolute atomic E-state index is 0.0189. The zero-order valence-electron chi connectivity index (χ0n) is 14.6. The number of hydrogen-bond donors (Lipinski definition) is 2. The smallest absolute Gasteiger partial charge is 0.317 e. The normalized spacial score (nSPS) is 23.7. The van der Waals surface area contributed by atoms with Gasteiger partial charge < -0.3 is 20.4 Å². The van der Waals surface area contributed by atoms with E-state index >= 15 is 0 Å². The molecule has 0 aliphatic carbocycles. The van der Waals surface area contributed by atoms with Gasteiger partial charge in [0, 0.05) is 50.6 Å². The molecule has 0 aromatic carbocycles. The monoisotopic (exact) mass is 364 g/mol. The van der Waals surface area contributed by atoms with Gasteiger partial charge in [0.25, 0.3) is 5.91 Å². The molecular formula is C17H24N4O3S. The molecule has 3 rings (SSSR count). The van der Waals surface area contributed by atoms with Crippen molar-refractivity contribution in [3.05, 3.63) is 22.4 Å². The van der Waals surface area contributed by atoms with Crippen LogP contribution in [0.15, 0.2) is 17.5 Å². The lowest BCUT2D eigenvalue weighted by Crippen LogP contribution is -2.48. The summed E-state index contributed by atoms with van der Waals surface area (Å²) >= 11 is 1.41. The predicted molar refractivity (Wildman–Crippen MR) is 95.5 cm³/mol. The highest BCUT2D eigenvalue weighted by atomic mass is 32.1. The molecule has 1 aromatic heterocycles. The van der Waals surface area contributed by atoms with E-state index in [9.17, 15) is 14.4 Å². The number of hydrogen-bond acceptors (Lipinski definition) is 4. The van der Waals surface area contributed by atoms with E-state index in [0.717, 1.165) is 0 Å². The van der Waals surface area contributed by atoms with Crippen molar-refractivity contribution < 1.29 is 14.4 Å². The number of carbonyl (C=O) groups excluding carboxylic acids is 3. The summed E-state index contributed by atoms with van der Waals surface area (Å²) in [7, 11) is 0. The Morgan fingerprint density at radius 2 is 2.00 bits per heavy atom. The van der Waals surface area contributed by atoms with Crippen LogP contribution in [0.4, 0.5) is 4.79 Å². The molecular weight excluding hydrogens is 340 g/mol. The van der Waals surface area contributed by atoms with Crippen molar-refractivity contribution in [3.8, 4) is 0 Å². The van der Waals surface area contributed by atoms with Crippen LogP contribution < -0.4 is 10.6 Å². The lowest BCUT2D eigenvalue weighted by molar-refractivity contribution is -0.119. The van der Waals surface area contributed by atoms with Gasteiger partial charge in [-0.15, -0.1) is 11.3 Å². The summed E-state index contributed by atoms with van der Waals surface area (Å²) < 4.78 is 0. The number of rotatable bonds is 2. The predicted octanol–water partition coefficient (Wildman–Crippen LogP) is 1.13. The lowest BCUT2D eigenvalue weighted by Gasteiger charge is -2.32. The largest absolute Gasteiger partial charge is 0.355 e. The van der Waals surface area contributed by atoms with Crippen LogP contribution in [-0.2, 0) is 4.79 Å². The molecule has 0 radical (unpaired) electrons. The molecule has 4 amide bonds. The van der Waals surface area contributed by atoms with Crippen LogP contribution in [0, 0.1) is 5.41 Å². The molecule has 1 aromatic rings. The van der Waals surface area contributed by atoms with Gasteiger partial charge >= 0.3 is 6.03 Å². The van der Waals surface area contributed by atoms with Gasteiger partial charge in [-0.3, -0.25) is 9.59 Å². The summed E-state index contributed by atoms with van der Waals surface area (Å²) in [6.45, 7) is 6.21. The first-order valence-electron chi connectivity index (χ1n) is 8.53. The van der Waals surface area contributed by atoms with Crippen LogP contribution in [0.3, 0.4) is 0 Å². The van der Waals surface area contributed by atoms with E-state index < -0.39 is 5.41 Å². The molecule has 2 N–H and O–H groups in total. The molecule has 7 nitrogen and oxygen atoms in total. The Morgan fingerprint density at radius 1 is 1.28 bits per heavy atom. The molecule has 1 atom stereocenters. The Balaban J connectivity index is 1.81. The second-order valence-corrected chi connectivity index (χ2v) is 8.13. The maximum atomic E-state index is 12.8. The summed E-state index contributed by atoms with van der Waals surface area (Å²) in [5, 5.41) is 7.66. The Morgan fingerprint density at radius 3 is 2.60 bits per heavy atom. The zero-order chi connectivity index (χ0) is 18.0. The fourth-order valence-corrected chi connectivity index (χ4v) is 4.17. The lowest BCUT2D eigenvalue weighted by atomic mass is 9.86. The summed E-state index contributed by atoms with van der Waals surface area (Å²) in [5.41, 5.74) is -0.422. The summed E-state index contributed by atoms with van der Waals surface area (Å²) in [5.74, 6) is -0.0468.